The van der Waals surface area contributed by atoms with Crippen molar-refractivity contribution in [2.45, 2.75) is 20.0 Å². The number of carboxylic acids is 1. The summed E-state index contributed by atoms with van der Waals surface area (Å²) in [5.41, 5.74) is 2.70. The van der Waals surface area contributed by atoms with Gasteiger partial charge in [-0.2, -0.15) is 27.9 Å². The number of aryl methyl sites for hydroxylation is 1. The van der Waals surface area contributed by atoms with E-state index in [4.69, 9.17) is 19.4 Å². The molecule has 0 fully saturated rings. The number of benzene rings is 1. The van der Waals surface area contributed by atoms with Crippen molar-refractivity contribution in [3.8, 4) is 17.3 Å². The van der Waals surface area contributed by atoms with Crippen LogP contribution in [0.2, 0.25) is 0 Å². The van der Waals surface area contributed by atoms with E-state index < -0.39 is 12.1 Å². The van der Waals surface area contributed by atoms with E-state index in [9.17, 15) is 13.2 Å². The van der Waals surface area contributed by atoms with Crippen molar-refractivity contribution in [2.24, 2.45) is 0 Å². The summed E-state index contributed by atoms with van der Waals surface area (Å²) in [5, 5.41) is 18.3. The highest BCUT2D eigenvalue weighted by molar-refractivity contribution is 5.73. The fraction of sp³-hybridized carbons (Fsp3) is 0.208. The number of methoxy groups -OCH3 is 2. The molecule has 38 heavy (non-hydrogen) atoms. The maximum Gasteiger partial charge on any atom is 0.490 e. The van der Waals surface area contributed by atoms with Crippen LogP contribution in [-0.2, 0) is 4.79 Å². The van der Waals surface area contributed by atoms with Crippen LogP contribution >= 0.6 is 0 Å². The zero-order chi connectivity index (χ0) is 27.9. The lowest BCUT2D eigenvalue weighted by Crippen LogP contribution is -2.21. The van der Waals surface area contributed by atoms with Crippen LogP contribution in [0.15, 0.2) is 54.9 Å². The Morgan fingerprint density at radius 1 is 0.974 bits per heavy atom. The largest absolute Gasteiger partial charge is 0.493 e. The zero-order valence-corrected chi connectivity index (χ0v) is 20.7. The average molecular weight is 531 g/mol. The van der Waals surface area contributed by atoms with Crippen LogP contribution in [0, 0.1) is 13.8 Å². The minimum absolute atomic E-state index is 0.440. The van der Waals surface area contributed by atoms with Crippen LogP contribution in [-0.4, -0.2) is 56.2 Å². The lowest BCUT2D eigenvalue weighted by atomic mass is 10.2. The van der Waals surface area contributed by atoms with Crippen molar-refractivity contribution < 1.29 is 32.5 Å². The van der Waals surface area contributed by atoms with Gasteiger partial charge >= 0.3 is 12.1 Å². The Bertz CT molecular complexity index is 1400. The molecule has 0 saturated carbocycles. The molecular weight excluding hydrogens is 507 g/mol. The summed E-state index contributed by atoms with van der Waals surface area (Å²) < 4.78 is 44.1. The van der Waals surface area contributed by atoms with Crippen molar-refractivity contribution in [3.05, 3.63) is 66.1 Å². The van der Waals surface area contributed by atoms with Gasteiger partial charge in [0.1, 0.15) is 11.6 Å². The van der Waals surface area contributed by atoms with Crippen LogP contribution in [0.3, 0.4) is 0 Å². The Kier molecular flexibility index (Phi) is 8.68. The third-order valence-electron chi connectivity index (χ3n) is 5.01. The van der Waals surface area contributed by atoms with Crippen molar-refractivity contribution >= 4 is 29.2 Å². The summed E-state index contributed by atoms with van der Waals surface area (Å²) >= 11 is 0. The normalized spacial score (nSPS) is 10.7. The van der Waals surface area contributed by atoms with Gasteiger partial charge in [-0.3, -0.25) is 0 Å². The van der Waals surface area contributed by atoms with Gasteiger partial charge in [-0.25, -0.2) is 14.8 Å². The van der Waals surface area contributed by atoms with Crippen molar-refractivity contribution in [3.63, 3.8) is 0 Å². The van der Waals surface area contributed by atoms with E-state index in [2.05, 4.69) is 30.7 Å². The van der Waals surface area contributed by atoms with E-state index in [0.29, 0.717) is 23.3 Å². The lowest BCUT2D eigenvalue weighted by Gasteiger charge is -2.12. The monoisotopic (exact) mass is 531 g/mol. The average Bonchev–Trinajstić information content (AvgIpc) is 3.17. The fourth-order valence-electron chi connectivity index (χ4n) is 3.05. The maximum atomic E-state index is 10.6. The van der Waals surface area contributed by atoms with Gasteiger partial charge in [0.05, 0.1) is 19.9 Å². The number of hydrogen-bond donors (Lipinski definition) is 3. The van der Waals surface area contributed by atoms with Crippen LogP contribution in [0.25, 0.3) is 5.82 Å². The smallest absolute Gasteiger partial charge is 0.490 e. The molecule has 0 bridgehead atoms. The molecule has 0 spiro atoms. The first-order chi connectivity index (χ1) is 18.0. The van der Waals surface area contributed by atoms with Gasteiger partial charge in [0.15, 0.2) is 17.3 Å². The van der Waals surface area contributed by atoms with E-state index >= 15 is 0 Å². The van der Waals surface area contributed by atoms with E-state index in [1.807, 2.05) is 50.2 Å². The zero-order valence-electron chi connectivity index (χ0n) is 20.7. The molecule has 1 aromatic carbocycles. The number of alkyl halides is 3. The number of rotatable bonds is 7. The highest BCUT2D eigenvalue weighted by Crippen LogP contribution is 2.31. The number of nitrogens with one attached hydrogen (secondary N) is 2. The molecule has 4 rings (SSSR count). The molecule has 200 valence electrons. The number of aliphatic carboxylic acids is 1. The van der Waals surface area contributed by atoms with Crippen molar-refractivity contribution in [2.75, 3.05) is 24.9 Å². The predicted octanol–water partition coefficient (Wildman–Crippen LogP) is 4.81. The number of hydrogen-bond acceptors (Lipinski definition) is 9. The Morgan fingerprint density at radius 2 is 1.68 bits per heavy atom. The molecule has 0 saturated heterocycles. The van der Waals surface area contributed by atoms with Crippen LogP contribution in [0.1, 0.15) is 11.3 Å². The topological polar surface area (TPSA) is 136 Å². The van der Waals surface area contributed by atoms with Gasteiger partial charge in [0.25, 0.3) is 0 Å². The molecular formula is C24H24F3N7O4. The number of ether oxygens (including phenoxy) is 2. The third kappa shape index (κ3) is 6.87. The molecule has 14 heteroatoms. The Balaban J connectivity index is 0.000000505. The first-order valence-electron chi connectivity index (χ1n) is 10.9. The molecule has 3 N–H and O–H groups in total. The van der Waals surface area contributed by atoms with Crippen LogP contribution < -0.4 is 20.1 Å². The minimum atomic E-state index is -5.08. The summed E-state index contributed by atoms with van der Waals surface area (Å²) in [6.45, 7) is 3.97. The van der Waals surface area contributed by atoms with Crippen LogP contribution in [0.5, 0.6) is 11.5 Å². The summed E-state index contributed by atoms with van der Waals surface area (Å²) in [7, 11) is 3.19. The second-order valence-corrected chi connectivity index (χ2v) is 7.55. The maximum absolute atomic E-state index is 10.6. The van der Waals surface area contributed by atoms with Crippen molar-refractivity contribution in [1.82, 2.24) is 24.7 Å². The third-order valence-corrected chi connectivity index (χ3v) is 5.01. The number of anilines is 4. The first kappa shape index (κ1) is 27.7. The number of carbonyl (C=O) groups is 1. The van der Waals surface area contributed by atoms with Gasteiger partial charge in [0, 0.05) is 29.7 Å². The first-order valence-corrected chi connectivity index (χ1v) is 10.9. The van der Waals surface area contributed by atoms with Gasteiger partial charge in [0.2, 0.25) is 5.95 Å². The molecule has 0 aliphatic heterocycles. The highest BCUT2D eigenvalue weighted by Gasteiger charge is 2.38. The molecule has 0 atom stereocenters. The Morgan fingerprint density at radius 3 is 2.29 bits per heavy atom. The van der Waals surface area contributed by atoms with Gasteiger partial charge < -0.3 is 25.2 Å². The lowest BCUT2D eigenvalue weighted by molar-refractivity contribution is -0.192. The molecule has 0 amide bonds. The number of nitrogens with zero attached hydrogens (tertiary/aromatic N) is 5. The van der Waals surface area contributed by atoms with Crippen LogP contribution in [0.4, 0.5) is 36.4 Å². The molecule has 0 aliphatic carbocycles. The molecule has 0 aliphatic rings. The Labute approximate surface area is 215 Å². The van der Waals surface area contributed by atoms with E-state index in [1.165, 1.54) is 0 Å². The number of halogens is 3. The summed E-state index contributed by atoms with van der Waals surface area (Å²) in [6, 6.07) is 13.0. The number of aromatic nitrogens is 5. The molecule has 3 heterocycles. The molecule has 3 aromatic heterocycles. The van der Waals surface area contributed by atoms with Gasteiger partial charge in [-0.1, -0.05) is 6.07 Å². The SMILES string of the molecule is COc1ccc(Nc2nccc(Nc3c(C)c(C)nn3-c3ccccn3)n2)cc1OC.O=C(O)C(F)(F)F. The molecule has 4 aromatic rings. The number of pyridine rings is 1. The summed E-state index contributed by atoms with van der Waals surface area (Å²) in [5.74, 6) is 1.09. The summed E-state index contributed by atoms with van der Waals surface area (Å²) in [4.78, 5) is 22.2. The molecule has 0 radical (unpaired) electrons. The number of carboxylic acid groups (broad SMARTS) is 1. The van der Waals surface area contributed by atoms with E-state index in [0.717, 1.165) is 28.6 Å². The van der Waals surface area contributed by atoms with Gasteiger partial charge in [-0.15, -0.1) is 0 Å². The molecule has 0 unspecified atom stereocenters. The quantitative estimate of drug-likeness (QED) is 0.305. The standard InChI is InChI=1S/C22H23N7O2.C2HF3O2/c1-14-15(2)28-29(20-7-5-6-11-23-20)21(14)26-19-10-12-24-22(27-19)25-16-8-9-17(30-3)18(13-16)31-4;3-2(4,5)1(6)7/h5-13H,1-4H3,(H2,24,25,26,27);(H,6,7). The highest BCUT2D eigenvalue weighted by atomic mass is 19.4. The second kappa shape index (κ2) is 11.9. The van der Waals surface area contributed by atoms with Crippen molar-refractivity contribution in [1.29, 1.82) is 0 Å². The molecule has 11 nitrogen and oxygen atoms in total. The minimum Gasteiger partial charge on any atom is -0.493 e. The second-order valence-electron chi connectivity index (χ2n) is 7.55. The van der Waals surface area contributed by atoms with E-state index in [1.54, 1.807) is 37.4 Å². The predicted molar refractivity (Wildman–Crippen MR) is 133 cm³/mol. The summed E-state index contributed by atoms with van der Waals surface area (Å²) in [6.07, 6.45) is -1.66. The van der Waals surface area contributed by atoms with Gasteiger partial charge in [-0.05, 0) is 44.2 Å². The fourth-order valence-corrected chi connectivity index (χ4v) is 3.05. The van der Waals surface area contributed by atoms with E-state index in [-0.39, 0.29) is 0 Å². The Hall–Kier alpha value is -4.88.